The second-order valence-corrected chi connectivity index (χ2v) is 7.72. The predicted octanol–water partition coefficient (Wildman–Crippen LogP) is 3.82. The molecule has 0 saturated carbocycles. The van der Waals surface area contributed by atoms with Crippen LogP contribution < -0.4 is 19.5 Å². The van der Waals surface area contributed by atoms with Gasteiger partial charge in [-0.05, 0) is 56.0 Å². The van der Waals surface area contributed by atoms with E-state index in [-0.39, 0.29) is 17.7 Å². The molecular weight excluding hydrogens is 396 g/mol. The monoisotopic (exact) mass is 426 g/mol. The summed E-state index contributed by atoms with van der Waals surface area (Å²) in [6.07, 6.45) is 1.24. The van der Waals surface area contributed by atoms with E-state index in [1.54, 1.807) is 17.0 Å². The summed E-state index contributed by atoms with van der Waals surface area (Å²) in [7, 11) is 4.56. The zero-order valence-corrected chi connectivity index (χ0v) is 18.8. The van der Waals surface area contributed by atoms with Crippen molar-refractivity contribution in [2.75, 3.05) is 39.7 Å². The van der Waals surface area contributed by atoms with Crippen molar-refractivity contribution in [1.82, 2.24) is 4.90 Å². The number of amides is 2. The lowest BCUT2D eigenvalue weighted by atomic mass is 9.95. The van der Waals surface area contributed by atoms with Gasteiger partial charge in [0, 0.05) is 30.3 Å². The first-order valence-electron chi connectivity index (χ1n) is 10.4. The summed E-state index contributed by atoms with van der Waals surface area (Å²) >= 11 is 0. The van der Waals surface area contributed by atoms with Gasteiger partial charge in [-0.3, -0.25) is 9.59 Å². The van der Waals surface area contributed by atoms with Gasteiger partial charge in [-0.1, -0.05) is 12.1 Å². The number of hydrogen-bond acceptors (Lipinski definition) is 5. The third-order valence-corrected chi connectivity index (χ3v) is 5.93. The summed E-state index contributed by atoms with van der Waals surface area (Å²) in [6, 6.07) is 9.20. The van der Waals surface area contributed by atoms with Crippen LogP contribution in [-0.2, 0) is 4.79 Å². The highest BCUT2D eigenvalue weighted by atomic mass is 16.5. The summed E-state index contributed by atoms with van der Waals surface area (Å²) < 4.78 is 16.0. The summed E-state index contributed by atoms with van der Waals surface area (Å²) in [6.45, 7) is 5.06. The van der Waals surface area contributed by atoms with Gasteiger partial charge >= 0.3 is 0 Å². The molecule has 0 atom stereocenters. The number of ether oxygens (including phenoxy) is 3. The SMILES string of the molecule is COc1cc(C(=O)N2CCC(C(=O)Nc3cccc(C)c3C)CC2)cc(OC)c1OC. The predicted molar refractivity (Wildman–Crippen MR) is 119 cm³/mol. The second kappa shape index (κ2) is 9.73. The van der Waals surface area contributed by atoms with Gasteiger partial charge in [0.1, 0.15) is 0 Å². The molecule has 2 amide bonds. The Balaban J connectivity index is 1.66. The van der Waals surface area contributed by atoms with E-state index in [2.05, 4.69) is 5.32 Å². The third kappa shape index (κ3) is 4.76. The smallest absolute Gasteiger partial charge is 0.254 e. The Kier molecular flexibility index (Phi) is 7.05. The Morgan fingerprint density at radius 1 is 0.968 bits per heavy atom. The van der Waals surface area contributed by atoms with Crippen LogP contribution in [0.4, 0.5) is 5.69 Å². The molecule has 0 unspecified atom stereocenters. The number of carbonyl (C=O) groups is 2. The molecule has 7 nitrogen and oxygen atoms in total. The van der Waals surface area contributed by atoms with Crippen molar-refractivity contribution in [3.8, 4) is 17.2 Å². The molecule has 1 fully saturated rings. The number of carbonyl (C=O) groups excluding carboxylic acids is 2. The molecule has 2 aromatic rings. The van der Waals surface area contributed by atoms with Crippen LogP contribution in [0.25, 0.3) is 0 Å². The van der Waals surface area contributed by atoms with Gasteiger partial charge < -0.3 is 24.4 Å². The molecule has 0 spiro atoms. The minimum Gasteiger partial charge on any atom is -0.493 e. The van der Waals surface area contributed by atoms with Crippen LogP contribution in [0.2, 0.25) is 0 Å². The number of aryl methyl sites for hydroxylation is 1. The van der Waals surface area contributed by atoms with E-state index >= 15 is 0 Å². The summed E-state index contributed by atoms with van der Waals surface area (Å²) in [5.74, 6) is 1.09. The summed E-state index contributed by atoms with van der Waals surface area (Å²) in [4.78, 5) is 27.6. The zero-order valence-electron chi connectivity index (χ0n) is 18.8. The Morgan fingerprint density at radius 2 is 1.58 bits per heavy atom. The van der Waals surface area contributed by atoms with Crippen LogP contribution in [0.1, 0.15) is 34.3 Å². The molecule has 7 heteroatoms. The largest absolute Gasteiger partial charge is 0.493 e. The van der Waals surface area contributed by atoms with Crippen molar-refractivity contribution < 1.29 is 23.8 Å². The van der Waals surface area contributed by atoms with Crippen molar-refractivity contribution in [1.29, 1.82) is 0 Å². The Bertz CT molecular complexity index is 939. The summed E-state index contributed by atoms with van der Waals surface area (Å²) in [5.41, 5.74) is 3.53. The fourth-order valence-corrected chi connectivity index (χ4v) is 3.85. The standard InChI is InChI=1S/C24H30N2O5/c1-15-7-6-8-19(16(15)2)25-23(27)17-9-11-26(12-10-17)24(28)18-13-20(29-3)22(31-5)21(14-18)30-4/h6-8,13-14,17H,9-12H2,1-5H3,(H,25,27). The molecule has 2 aromatic carbocycles. The number of methoxy groups -OCH3 is 3. The van der Waals surface area contributed by atoms with Gasteiger partial charge in [-0.25, -0.2) is 0 Å². The van der Waals surface area contributed by atoms with Crippen molar-refractivity contribution in [2.24, 2.45) is 5.92 Å². The van der Waals surface area contributed by atoms with E-state index in [1.165, 1.54) is 21.3 Å². The maximum absolute atomic E-state index is 13.1. The number of benzene rings is 2. The minimum atomic E-state index is -0.121. The molecule has 1 saturated heterocycles. The number of piperidine rings is 1. The first-order valence-corrected chi connectivity index (χ1v) is 10.4. The second-order valence-electron chi connectivity index (χ2n) is 7.72. The van der Waals surface area contributed by atoms with E-state index in [4.69, 9.17) is 14.2 Å². The molecule has 3 rings (SSSR count). The van der Waals surface area contributed by atoms with E-state index in [0.29, 0.717) is 48.7 Å². The quantitative estimate of drug-likeness (QED) is 0.760. The molecule has 1 aliphatic rings. The van der Waals surface area contributed by atoms with E-state index < -0.39 is 0 Å². The highest BCUT2D eigenvalue weighted by Crippen LogP contribution is 2.38. The van der Waals surface area contributed by atoms with E-state index in [9.17, 15) is 9.59 Å². The molecule has 0 aliphatic carbocycles. The van der Waals surface area contributed by atoms with Gasteiger partial charge in [0.05, 0.1) is 21.3 Å². The zero-order chi connectivity index (χ0) is 22.5. The molecule has 1 heterocycles. The Hall–Kier alpha value is -3.22. The highest BCUT2D eigenvalue weighted by molar-refractivity contribution is 5.96. The topological polar surface area (TPSA) is 77.1 Å². The van der Waals surface area contributed by atoms with Crippen molar-refractivity contribution in [3.05, 3.63) is 47.0 Å². The Labute approximate surface area is 183 Å². The number of nitrogens with zero attached hydrogens (tertiary/aromatic N) is 1. The molecule has 166 valence electrons. The normalized spacial score (nSPS) is 14.2. The van der Waals surface area contributed by atoms with Gasteiger partial charge in [0.2, 0.25) is 11.7 Å². The van der Waals surface area contributed by atoms with Gasteiger partial charge in [-0.2, -0.15) is 0 Å². The molecule has 0 aromatic heterocycles. The maximum atomic E-state index is 13.1. The average Bonchev–Trinajstić information content (AvgIpc) is 2.80. The van der Waals surface area contributed by atoms with Crippen LogP contribution in [0, 0.1) is 19.8 Å². The molecule has 1 N–H and O–H groups in total. The molecular formula is C24H30N2O5. The number of likely N-dealkylation sites (tertiary alicyclic amines) is 1. The van der Waals surface area contributed by atoms with E-state index in [1.807, 2.05) is 32.0 Å². The lowest BCUT2D eigenvalue weighted by molar-refractivity contribution is -0.121. The van der Waals surface area contributed by atoms with Crippen LogP contribution in [0.5, 0.6) is 17.2 Å². The Morgan fingerprint density at radius 3 is 2.13 bits per heavy atom. The third-order valence-electron chi connectivity index (χ3n) is 5.93. The van der Waals surface area contributed by atoms with Crippen LogP contribution in [-0.4, -0.2) is 51.1 Å². The number of rotatable bonds is 6. The first-order chi connectivity index (χ1) is 14.9. The average molecular weight is 427 g/mol. The fraction of sp³-hybridized carbons (Fsp3) is 0.417. The molecule has 31 heavy (non-hydrogen) atoms. The summed E-state index contributed by atoms with van der Waals surface area (Å²) in [5, 5.41) is 3.05. The van der Waals surface area contributed by atoms with Gasteiger partial charge in [-0.15, -0.1) is 0 Å². The molecule has 0 bridgehead atoms. The highest BCUT2D eigenvalue weighted by Gasteiger charge is 2.29. The number of anilines is 1. The number of nitrogens with one attached hydrogen (secondary N) is 1. The molecule has 1 aliphatic heterocycles. The van der Waals surface area contributed by atoms with Crippen LogP contribution in [0.15, 0.2) is 30.3 Å². The van der Waals surface area contributed by atoms with Crippen LogP contribution >= 0.6 is 0 Å². The first kappa shape index (κ1) is 22.5. The maximum Gasteiger partial charge on any atom is 0.254 e. The van der Waals surface area contributed by atoms with Gasteiger partial charge in [0.15, 0.2) is 11.5 Å². The lowest BCUT2D eigenvalue weighted by Crippen LogP contribution is -2.41. The lowest BCUT2D eigenvalue weighted by Gasteiger charge is -2.31. The van der Waals surface area contributed by atoms with Crippen molar-refractivity contribution in [3.63, 3.8) is 0 Å². The molecule has 0 radical (unpaired) electrons. The van der Waals surface area contributed by atoms with E-state index in [0.717, 1.165) is 16.8 Å². The minimum absolute atomic E-state index is 0.00795. The number of hydrogen-bond donors (Lipinski definition) is 1. The van der Waals surface area contributed by atoms with Gasteiger partial charge in [0.25, 0.3) is 5.91 Å². The van der Waals surface area contributed by atoms with Crippen molar-refractivity contribution in [2.45, 2.75) is 26.7 Å². The fourth-order valence-electron chi connectivity index (χ4n) is 3.85. The van der Waals surface area contributed by atoms with Crippen molar-refractivity contribution >= 4 is 17.5 Å². The van der Waals surface area contributed by atoms with Crippen LogP contribution in [0.3, 0.4) is 0 Å².